The molecule has 0 fully saturated rings. The minimum atomic E-state index is -4.94. The molecule has 0 radical (unpaired) electrons. The van der Waals surface area contributed by atoms with Crippen molar-refractivity contribution in [2.75, 3.05) is 79.3 Å². The van der Waals surface area contributed by atoms with Crippen LogP contribution >= 0.6 is 31.9 Å². The second-order valence-corrected chi connectivity index (χ2v) is 34.6. The van der Waals surface area contributed by atoms with Crippen molar-refractivity contribution in [3.8, 4) is 24.2 Å². The van der Waals surface area contributed by atoms with E-state index in [4.69, 9.17) is 38.2 Å². The first kappa shape index (κ1) is 164. The Morgan fingerprint density at radius 2 is 0.711 bits per heavy atom. The molecule has 0 spiro atoms. The summed E-state index contributed by atoms with van der Waals surface area (Å²) in [6, 6.07) is 36.3. The van der Waals surface area contributed by atoms with Crippen LogP contribution in [0.4, 0.5) is 52.7 Å². The second-order valence-electron chi connectivity index (χ2n) is 32.8. The van der Waals surface area contributed by atoms with Crippen molar-refractivity contribution in [1.82, 2.24) is 20.9 Å². The topological polar surface area (TPSA) is 467 Å². The number of aliphatic hydroxyl groups is 11. The number of carbonyl (C=O) groups is 6. The summed E-state index contributed by atoms with van der Waals surface area (Å²) >= 11 is 6.56. The van der Waals surface area contributed by atoms with E-state index >= 15 is 0 Å². The predicted octanol–water partition coefficient (Wildman–Crippen LogP) is 13.0. The normalized spacial score (nSPS) is 11.8. The van der Waals surface area contributed by atoms with Crippen LogP contribution in [0.3, 0.4) is 0 Å². The Kier molecular flexibility index (Phi) is 107. The monoisotopic (exact) mass is 2330 g/mol. The Bertz CT molecular complexity index is 4270. The van der Waals surface area contributed by atoms with Gasteiger partial charge in [-0.2, -0.15) is 52.7 Å². The standard InChI is InChI=1S/C20H30F3NO3.C20H26F3NO3.C18H31NO2.C11H11BrF3NO2.C9H12BrNO.C9H16O.C6H15N.C4H5F3O2.C4H8O2.C2H6O.CH2O3.CH4O.CH4.2K.H/c2*1-3-10-19(27,11-4-2)12-8-15-6-5-7-16(14-15)17(25)9-13-24-18(26)20(21,22)23;1-3-10-18(21,11-4-2)12-8-15-6-5-7-16(14-15)17(20)9-13-19;12-8-3-1-2-7(6-8)9(17)4-5-16-10(18)11(13,14)15;10-8-3-1-2-7(6-8)9(12)4-5-11;1-4-7-9(10,6-3)8-5-2;1-4-7(5-2)6-3;1-2-9-3(8)4(5,6)7;1-3-6-4(2)5;1-2-3;2-1-4-3;1-2;;;;/h5-7,14,17,25,27H,3-4,8-13H2,1-2H3,(H,24,26);5-7,14,17,25,27H,3-4,9-11,13H2,1-2H3,(H,24,26);5-7,14,17,20-21H,3-4,8-13,19H2,1-2H3;1-3,6,9,17H,4-5H2,(H,16,18);1-3,6,9,12H,4-5,11H2;3,10H,4-5,7-8H2,1-2H3;4-6H2,1-3H3;2H2,1H3;3H2,1-2H3;3H,2H2,1H3;1,3H;2H,1H3;1H4;;;/q;;;;;;;;;;;;;2*+1;-1/p-1. The number of aryl methyl sites for hydroxylation is 2. The van der Waals surface area contributed by atoms with Crippen LogP contribution in [0.25, 0.3) is 0 Å². The van der Waals surface area contributed by atoms with E-state index in [-0.39, 0.29) is 176 Å². The number of hydrogen-bond donors (Lipinski definition) is 16. The number of halogens is 14. The molecule has 43 heteroatoms. The first-order valence-electron chi connectivity index (χ1n) is 48.8. The fourth-order valence-electron chi connectivity index (χ4n) is 13.4. The van der Waals surface area contributed by atoms with Crippen molar-refractivity contribution in [3.63, 3.8) is 0 Å². The zero-order valence-electron chi connectivity index (χ0n) is 90.4. The molecular formula is C106H170Br2F12K2N6O21. The number of hydrogen-bond acceptors (Lipinski definition) is 24. The Labute approximate surface area is 979 Å². The van der Waals surface area contributed by atoms with Crippen LogP contribution in [-0.4, -0.2) is 224 Å². The number of carbonyl (C=O) groups excluding carboxylic acids is 6. The van der Waals surface area contributed by atoms with Crippen molar-refractivity contribution in [2.24, 2.45) is 11.5 Å². The number of nitrogens with zero attached hydrogens (tertiary/aromatic N) is 1. The zero-order valence-corrected chi connectivity index (χ0v) is 98.9. The molecule has 3 amide bonds. The maximum absolute atomic E-state index is 12.1. The van der Waals surface area contributed by atoms with E-state index in [1.807, 2.05) is 90.1 Å². The van der Waals surface area contributed by atoms with E-state index in [1.54, 1.807) is 96.5 Å². The van der Waals surface area contributed by atoms with Crippen molar-refractivity contribution in [3.05, 3.63) is 175 Å². The first-order valence-corrected chi connectivity index (χ1v) is 50.4. The number of nitrogens with one attached hydrogen (secondary N) is 3. The van der Waals surface area contributed by atoms with Gasteiger partial charge in [0.2, 0.25) is 0 Å². The van der Waals surface area contributed by atoms with Crippen LogP contribution in [0.15, 0.2) is 130 Å². The van der Waals surface area contributed by atoms with Gasteiger partial charge in [-0.3, -0.25) is 24.0 Å². The van der Waals surface area contributed by atoms with Crippen molar-refractivity contribution < 1.29 is 261 Å². The van der Waals surface area contributed by atoms with Gasteiger partial charge < -0.3 is 110 Å². The molecule has 5 unspecified atom stereocenters. The third-order valence-corrected chi connectivity index (χ3v) is 21.4. The van der Waals surface area contributed by atoms with Crippen LogP contribution in [0, 0.1) is 24.2 Å². The maximum Gasteiger partial charge on any atom is 1.00 e. The third-order valence-electron chi connectivity index (χ3n) is 20.4. The summed E-state index contributed by atoms with van der Waals surface area (Å²) < 4.78 is 152. The molecular weight excluding hydrogens is 2160 g/mol. The Balaban J connectivity index is -0.000000164. The molecule has 18 N–H and O–H groups in total. The summed E-state index contributed by atoms with van der Waals surface area (Å²) in [6.45, 7) is 33.1. The molecule has 5 rings (SSSR count). The number of nitrogens with two attached hydrogens (primary N) is 2. The molecule has 27 nitrogen and oxygen atoms in total. The number of terminal acetylenes is 1. The fourth-order valence-corrected chi connectivity index (χ4v) is 14.2. The largest absolute Gasteiger partial charge is 1.00 e. The van der Waals surface area contributed by atoms with Gasteiger partial charge in [0.25, 0.3) is 6.47 Å². The molecule has 0 aromatic heterocycles. The molecule has 0 saturated carbocycles. The van der Waals surface area contributed by atoms with Gasteiger partial charge in [-0.15, -0.1) is 6.42 Å². The van der Waals surface area contributed by atoms with Crippen molar-refractivity contribution >= 4 is 68.0 Å². The quantitative estimate of drug-likeness (QED) is 0.00327. The number of aliphatic hydroxyl groups excluding tert-OH is 7. The van der Waals surface area contributed by atoms with Crippen LogP contribution in [0.2, 0.25) is 0 Å². The molecule has 149 heavy (non-hydrogen) atoms. The summed E-state index contributed by atoms with van der Waals surface area (Å²) in [5, 5.41) is 119. The maximum atomic E-state index is 12.1. The molecule has 0 heterocycles. The summed E-state index contributed by atoms with van der Waals surface area (Å²) in [5.41, 5.74) is 13.9. The number of rotatable bonds is 46. The molecule has 0 saturated heterocycles. The number of amides is 3. The fraction of sp³-hybridized carbons (Fsp3) is 0.623. The van der Waals surface area contributed by atoms with E-state index in [1.165, 1.54) is 39.0 Å². The van der Waals surface area contributed by atoms with Gasteiger partial charge in [-0.1, -0.05) is 270 Å². The van der Waals surface area contributed by atoms with Crippen LogP contribution in [-0.2, 0) is 56.0 Å². The van der Waals surface area contributed by atoms with E-state index in [2.05, 4.69) is 110 Å². The number of esters is 2. The van der Waals surface area contributed by atoms with E-state index in [0.717, 1.165) is 135 Å². The number of alkyl halides is 12. The average Bonchev–Trinajstić information content (AvgIpc) is 0.867. The molecule has 0 aliphatic rings. The number of benzene rings is 5. The summed E-state index contributed by atoms with van der Waals surface area (Å²) in [7, 11) is 1.00. The summed E-state index contributed by atoms with van der Waals surface area (Å²) in [5.74, 6) is -0.126. The van der Waals surface area contributed by atoms with Crippen LogP contribution in [0.1, 0.15) is 335 Å². The van der Waals surface area contributed by atoms with Crippen LogP contribution < -0.4 is 135 Å². The Hall–Kier alpha value is -5.17. The van der Waals surface area contributed by atoms with Gasteiger partial charge in [0.15, 0.2) is 0 Å². The smallest absolute Gasteiger partial charge is 1.00 e. The third kappa shape index (κ3) is 88.6. The van der Waals surface area contributed by atoms with Gasteiger partial charge in [-0.25, -0.2) is 4.79 Å². The van der Waals surface area contributed by atoms with Gasteiger partial charge in [0.05, 0.1) is 54.9 Å². The minimum absolute atomic E-state index is 0. The zero-order chi connectivity index (χ0) is 114. The van der Waals surface area contributed by atoms with Gasteiger partial charge >= 0.3 is 157 Å². The summed E-state index contributed by atoms with van der Waals surface area (Å²) in [6.07, 6.45) is -1.17. The summed E-state index contributed by atoms with van der Waals surface area (Å²) in [4.78, 5) is 65.2. The SMILES string of the molecule is C.C#CC(O)(CCC)CCC.CCCC(O)(C#Cc1cccc(C(O)CCNC(=O)C(F)(F)F)c1)CCC.CCCC(O)(CCC)CCc1cccc(C(O)CCN)c1.CCCC(O)(CCC)CCc1cccc(C(O)CCNC(=O)C(F)(F)F)c1.CCN(CC)CC.CCO.CCOC(=O)C(F)(F)F.CCOC(C)=O.CO.NCCC(O)c1cccc(Br)c1.O=C(NCCC(O)c1cccc(Br)c1)C(F)(F)F.O=CO[O-].[H-].[K+].[K+]. The minimum Gasteiger partial charge on any atom is -1.00 e. The molecule has 0 aliphatic heterocycles. The number of ether oxygens (including phenoxy) is 2. The molecule has 0 bridgehead atoms. The second kappa shape index (κ2) is 97.3. The molecule has 850 valence electrons. The van der Waals surface area contributed by atoms with E-state index in [0.29, 0.717) is 80.5 Å². The van der Waals surface area contributed by atoms with Crippen molar-refractivity contribution in [2.45, 2.75) is 349 Å². The molecule has 5 aromatic rings. The van der Waals surface area contributed by atoms with Crippen molar-refractivity contribution in [1.29, 1.82) is 0 Å². The molecule has 0 aliphatic carbocycles. The van der Waals surface area contributed by atoms with Gasteiger partial charge in [0.1, 0.15) is 11.2 Å². The van der Waals surface area contributed by atoms with Gasteiger partial charge in [0, 0.05) is 54.8 Å². The average molecular weight is 2330 g/mol. The first-order chi connectivity index (χ1) is 68.4. The van der Waals surface area contributed by atoms with E-state index < -0.39 is 101 Å². The van der Waals surface area contributed by atoms with Crippen LogP contribution in [0.5, 0.6) is 0 Å². The molecule has 5 atom stereocenters. The van der Waals surface area contributed by atoms with E-state index in [9.17, 15) is 123 Å². The Morgan fingerprint density at radius 1 is 0.443 bits per heavy atom. The molecule has 5 aromatic carbocycles. The Morgan fingerprint density at radius 3 is 0.933 bits per heavy atom. The van der Waals surface area contributed by atoms with Gasteiger partial charge in [-0.05, 0) is 238 Å². The predicted molar refractivity (Wildman–Crippen MR) is 557 cm³/mol.